The Morgan fingerprint density at radius 2 is 1.80 bits per heavy atom. The minimum atomic E-state index is -4.07. The van der Waals surface area contributed by atoms with Crippen molar-refractivity contribution in [3.63, 3.8) is 0 Å². The summed E-state index contributed by atoms with van der Waals surface area (Å²) in [6.07, 6.45) is 3.40. The van der Waals surface area contributed by atoms with E-state index in [9.17, 15) is 18.3 Å². The number of carbonyl (C=O) groups excluding carboxylic acids is 1. The molecule has 10 heteroatoms. The van der Waals surface area contributed by atoms with E-state index in [0.717, 1.165) is 41.8 Å². The zero-order valence-corrected chi connectivity index (χ0v) is 27.9. The Morgan fingerprint density at radius 3 is 2.54 bits per heavy atom. The summed E-state index contributed by atoms with van der Waals surface area (Å²) in [6, 6.07) is 15.2. The second-order valence-corrected chi connectivity index (χ2v) is 14.5. The largest absolute Gasteiger partial charge is 0.392 e. The first-order valence-electron chi connectivity index (χ1n) is 15.4. The second kappa shape index (κ2) is 12.1. The lowest BCUT2D eigenvalue weighted by molar-refractivity contribution is 0.0703. The summed E-state index contributed by atoms with van der Waals surface area (Å²) in [5, 5.41) is 9.57. The number of hydrogen-bond acceptors (Lipinski definition) is 7. The molecule has 0 saturated heterocycles. The van der Waals surface area contributed by atoms with E-state index in [2.05, 4.69) is 46.0 Å². The molecular formula is C36H39N5O4S. The van der Waals surface area contributed by atoms with Gasteiger partial charge in [0.1, 0.15) is 5.52 Å². The minimum Gasteiger partial charge on any atom is -0.392 e. The minimum absolute atomic E-state index is 0.134. The second-order valence-electron chi connectivity index (χ2n) is 12.6. The number of rotatable bonds is 7. The zero-order valence-electron chi connectivity index (χ0n) is 27.0. The number of sulfone groups is 1. The van der Waals surface area contributed by atoms with E-state index in [-0.39, 0.29) is 22.4 Å². The van der Waals surface area contributed by atoms with Gasteiger partial charge in [-0.3, -0.25) is 4.79 Å². The lowest BCUT2D eigenvalue weighted by atomic mass is 9.90. The maximum Gasteiger partial charge on any atom is 0.253 e. The number of carbonyl (C=O) groups is 1. The summed E-state index contributed by atoms with van der Waals surface area (Å²) in [6.45, 7) is 9.52. The summed E-state index contributed by atoms with van der Waals surface area (Å²) >= 11 is 0. The van der Waals surface area contributed by atoms with E-state index in [1.54, 1.807) is 32.3 Å². The van der Waals surface area contributed by atoms with Gasteiger partial charge in [-0.25, -0.2) is 18.4 Å². The number of aryl methyl sites for hydroxylation is 3. The van der Waals surface area contributed by atoms with Gasteiger partial charge >= 0.3 is 0 Å². The number of nitrogens with zero attached hydrogens (tertiary/aromatic N) is 4. The van der Waals surface area contributed by atoms with Crippen molar-refractivity contribution >= 4 is 26.9 Å². The Labute approximate surface area is 269 Å². The van der Waals surface area contributed by atoms with Gasteiger partial charge in [-0.2, -0.15) is 0 Å². The first-order valence-corrected chi connectivity index (χ1v) is 16.9. The van der Waals surface area contributed by atoms with Crippen LogP contribution in [-0.2, 0) is 22.8 Å². The lowest BCUT2D eigenvalue weighted by Crippen LogP contribution is -2.33. The number of fused-ring (bicyclic) bond motifs is 2. The Bertz CT molecular complexity index is 2100. The fourth-order valence-corrected chi connectivity index (χ4v) is 7.85. The molecule has 2 N–H and O–H groups in total. The number of benzene rings is 3. The van der Waals surface area contributed by atoms with Gasteiger partial charge in [-0.1, -0.05) is 30.3 Å². The highest BCUT2D eigenvalue weighted by atomic mass is 32.2. The average Bonchev–Trinajstić information content (AvgIpc) is 3.43. The number of nitrogens with one attached hydrogen (secondary N) is 1. The Hall–Kier alpha value is -4.38. The van der Waals surface area contributed by atoms with Crippen LogP contribution < -0.4 is 0 Å². The molecule has 3 aromatic carbocycles. The molecule has 3 heterocycles. The number of hydrogen-bond donors (Lipinski definition) is 2. The number of aliphatic hydroxyl groups is 1. The van der Waals surface area contributed by atoms with E-state index in [4.69, 9.17) is 0 Å². The summed E-state index contributed by atoms with van der Waals surface area (Å²) < 4.78 is 28.7. The molecule has 1 aliphatic heterocycles. The molecule has 9 nitrogen and oxygen atoms in total. The van der Waals surface area contributed by atoms with Crippen molar-refractivity contribution < 1.29 is 18.3 Å². The van der Waals surface area contributed by atoms with Gasteiger partial charge in [-0.05, 0) is 98.3 Å². The molecular weight excluding hydrogens is 598 g/mol. The van der Waals surface area contributed by atoms with E-state index in [0.29, 0.717) is 27.9 Å². The predicted molar refractivity (Wildman–Crippen MR) is 180 cm³/mol. The number of likely N-dealkylation sites (N-methyl/N-ethyl adjacent to an activating group) is 2. The highest BCUT2D eigenvalue weighted by Gasteiger charge is 2.27. The zero-order chi connectivity index (χ0) is 32.9. The molecule has 1 atom stereocenters. The van der Waals surface area contributed by atoms with Crippen LogP contribution in [0.4, 0.5) is 0 Å². The van der Waals surface area contributed by atoms with Gasteiger partial charge in [0, 0.05) is 49.6 Å². The SMILES string of the molecule is Cc1ccc(-c2cc(C)c3c(c2)CN(C)CC3)c(S(=O)(=O)c2cnc3[nH]cc(-c4ccc(C(=O)N(C)C[C@@H](C)O)c(C)c4)c3n2)c1. The van der Waals surface area contributed by atoms with Crippen LogP contribution in [0.5, 0.6) is 0 Å². The number of aliphatic hydroxyl groups excluding tert-OH is 1. The predicted octanol–water partition coefficient (Wildman–Crippen LogP) is 5.49. The van der Waals surface area contributed by atoms with E-state index in [1.165, 1.54) is 27.8 Å². The third-order valence-corrected chi connectivity index (χ3v) is 10.4. The van der Waals surface area contributed by atoms with Crippen molar-refractivity contribution in [1.82, 2.24) is 24.8 Å². The first-order chi connectivity index (χ1) is 21.8. The first kappa shape index (κ1) is 31.6. The number of aromatic amines is 1. The standard InChI is InChI=1S/C36H39N5O4S/c1-21-7-9-30(26-15-22(2)28-11-12-40(5)20-27(28)16-26)32(13-21)46(44,45)33-18-38-35-34(39-33)31(17-37-35)25-8-10-29(23(3)14-25)36(43)41(6)19-24(4)42/h7-10,13-18,24,42H,11-12,19-20H2,1-6H3,(H,37,38)/t24-/m1/s1. The molecule has 6 rings (SSSR count). The van der Waals surface area contributed by atoms with Crippen LogP contribution >= 0.6 is 0 Å². The van der Waals surface area contributed by atoms with Gasteiger partial charge < -0.3 is 19.9 Å². The molecule has 46 heavy (non-hydrogen) atoms. The van der Waals surface area contributed by atoms with E-state index >= 15 is 0 Å². The van der Waals surface area contributed by atoms with Crippen molar-refractivity contribution in [2.45, 2.75) is 56.7 Å². The molecule has 0 spiro atoms. The summed E-state index contributed by atoms with van der Waals surface area (Å²) in [5.41, 5.74) is 9.68. The molecule has 1 aliphatic rings. The summed E-state index contributed by atoms with van der Waals surface area (Å²) in [5.74, 6) is -0.188. The molecule has 238 valence electrons. The van der Waals surface area contributed by atoms with Crippen LogP contribution in [0.3, 0.4) is 0 Å². The van der Waals surface area contributed by atoms with E-state index < -0.39 is 15.9 Å². The van der Waals surface area contributed by atoms with Crippen molar-refractivity contribution in [3.05, 3.63) is 94.3 Å². The molecule has 0 saturated carbocycles. The van der Waals surface area contributed by atoms with Crippen molar-refractivity contribution in [1.29, 1.82) is 0 Å². The summed E-state index contributed by atoms with van der Waals surface area (Å²) in [7, 11) is -0.309. The third kappa shape index (κ3) is 5.84. The van der Waals surface area contributed by atoms with Crippen molar-refractivity contribution in [3.8, 4) is 22.3 Å². The number of aromatic nitrogens is 3. The fourth-order valence-electron chi connectivity index (χ4n) is 6.40. The van der Waals surface area contributed by atoms with Gasteiger partial charge in [0.05, 0.1) is 17.2 Å². The summed E-state index contributed by atoms with van der Waals surface area (Å²) in [4.78, 5) is 29.2. The average molecular weight is 638 g/mol. The van der Waals surface area contributed by atoms with Gasteiger partial charge in [0.25, 0.3) is 5.91 Å². The molecule has 0 radical (unpaired) electrons. The number of H-pyrrole nitrogens is 1. The smallest absolute Gasteiger partial charge is 0.253 e. The third-order valence-electron chi connectivity index (χ3n) is 8.77. The van der Waals surface area contributed by atoms with Crippen molar-refractivity contribution in [2.75, 3.05) is 27.2 Å². The molecule has 0 unspecified atom stereocenters. The maximum atomic E-state index is 14.4. The van der Waals surface area contributed by atoms with Gasteiger partial charge in [0.2, 0.25) is 9.84 Å². The molecule has 1 amide bonds. The highest BCUT2D eigenvalue weighted by molar-refractivity contribution is 7.91. The van der Waals surface area contributed by atoms with Crippen LogP contribution in [0.15, 0.2) is 70.8 Å². The molecule has 0 bridgehead atoms. The van der Waals surface area contributed by atoms with Gasteiger partial charge in [-0.15, -0.1) is 0 Å². The molecule has 5 aromatic rings. The normalized spacial score (nSPS) is 14.3. The Balaban J connectivity index is 1.41. The molecule has 0 aliphatic carbocycles. The monoisotopic (exact) mass is 637 g/mol. The van der Waals surface area contributed by atoms with Crippen LogP contribution in [0.25, 0.3) is 33.4 Å². The quantitative estimate of drug-likeness (QED) is 0.242. The topological polar surface area (TPSA) is 119 Å². The van der Waals surface area contributed by atoms with Crippen LogP contribution in [0, 0.1) is 20.8 Å². The fraction of sp³-hybridized carbons (Fsp3) is 0.306. The Kier molecular flexibility index (Phi) is 8.30. The van der Waals surface area contributed by atoms with Crippen LogP contribution in [0.1, 0.15) is 45.1 Å². The molecule has 2 aromatic heterocycles. The van der Waals surface area contributed by atoms with Gasteiger partial charge in [0.15, 0.2) is 10.7 Å². The maximum absolute atomic E-state index is 14.4. The highest BCUT2D eigenvalue weighted by Crippen LogP contribution is 2.36. The molecule has 0 fully saturated rings. The van der Waals surface area contributed by atoms with Crippen LogP contribution in [-0.4, -0.2) is 77.5 Å². The lowest BCUT2D eigenvalue weighted by Gasteiger charge is -2.27. The van der Waals surface area contributed by atoms with E-state index in [1.807, 2.05) is 38.1 Å². The number of amides is 1. The van der Waals surface area contributed by atoms with Crippen LogP contribution in [0.2, 0.25) is 0 Å². The van der Waals surface area contributed by atoms with Crippen molar-refractivity contribution in [2.24, 2.45) is 0 Å². The Morgan fingerprint density at radius 1 is 1.04 bits per heavy atom.